The lowest BCUT2D eigenvalue weighted by molar-refractivity contribution is 1.21. The third kappa shape index (κ3) is 1.82. The number of benzene rings is 1. The molecule has 2 aromatic heterocycles. The van der Waals surface area contributed by atoms with Crippen LogP contribution in [0.1, 0.15) is 0 Å². The van der Waals surface area contributed by atoms with Crippen LogP contribution in [0.4, 0.5) is 17.5 Å². The first-order chi connectivity index (χ1) is 8.74. The number of imidazole rings is 1. The Hall–Kier alpha value is -2.34. The Labute approximate surface area is 107 Å². The molecule has 0 amide bonds. The van der Waals surface area contributed by atoms with Gasteiger partial charge >= 0.3 is 0 Å². The number of halogens is 1. The fourth-order valence-corrected chi connectivity index (χ4v) is 1.81. The Bertz CT molecular complexity index is 708. The third-order valence-electron chi connectivity index (χ3n) is 2.43. The molecule has 1 aromatic carbocycles. The van der Waals surface area contributed by atoms with Crippen molar-refractivity contribution in [2.75, 3.05) is 11.1 Å². The molecule has 7 heteroatoms. The van der Waals surface area contributed by atoms with Crippen LogP contribution in [0.3, 0.4) is 0 Å². The standard InChI is InChI=1S/C11H9ClN6/c12-6-3-1-2-4-7(6)16-10-8-9(15-5-14-8)17-11(13)18-10/h1-5H,(H4,13,14,15,16,17,18). The van der Waals surface area contributed by atoms with E-state index in [0.717, 1.165) is 5.69 Å². The molecule has 3 rings (SSSR count). The van der Waals surface area contributed by atoms with Crippen molar-refractivity contribution in [3.63, 3.8) is 0 Å². The number of hydrogen-bond acceptors (Lipinski definition) is 5. The molecule has 0 saturated heterocycles. The molecule has 2 heterocycles. The summed E-state index contributed by atoms with van der Waals surface area (Å²) in [6.07, 6.45) is 1.54. The maximum Gasteiger partial charge on any atom is 0.224 e. The summed E-state index contributed by atoms with van der Waals surface area (Å²) in [6.45, 7) is 0. The van der Waals surface area contributed by atoms with Crippen molar-refractivity contribution in [3.8, 4) is 0 Å². The van der Waals surface area contributed by atoms with Gasteiger partial charge in [-0.15, -0.1) is 0 Å². The molecule has 0 unspecified atom stereocenters. The number of nitrogens with one attached hydrogen (secondary N) is 2. The average Bonchev–Trinajstić information content (AvgIpc) is 2.80. The molecule has 3 aromatic rings. The number of nitrogens with zero attached hydrogens (tertiary/aromatic N) is 3. The van der Waals surface area contributed by atoms with Gasteiger partial charge in [0.25, 0.3) is 0 Å². The van der Waals surface area contributed by atoms with Gasteiger partial charge in [-0.2, -0.15) is 9.97 Å². The number of nitrogen functional groups attached to an aromatic ring is 1. The maximum atomic E-state index is 6.08. The number of para-hydroxylation sites is 1. The zero-order chi connectivity index (χ0) is 12.5. The second-order valence-corrected chi connectivity index (χ2v) is 4.04. The number of aromatic nitrogens is 4. The van der Waals surface area contributed by atoms with Crippen LogP contribution in [0, 0.1) is 0 Å². The van der Waals surface area contributed by atoms with Crippen molar-refractivity contribution < 1.29 is 0 Å². The zero-order valence-electron chi connectivity index (χ0n) is 9.18. The van der Waals surface area contributed by atoms with Gasteiger partial charge in [0.15, 0.2) is 11.5 Å². The lowest BCUT2D eigenvalue weighted by Gasteiger charge is -2.08. The average molecular weight is 261 g/mol. The van der Waals surface area contributed by atoms with Crippen LogP contribution in [0.25, 0.3) is 11.2 Å². The molecule has 0 aliphatic rings. The molecule has 0 atom stereocenters. The minimum Gasteiger partial charge on any atom is -0.368 e. The Kier molecular flexibility index (Phi) is 2.49. The van der Waals surface area contributed by atoms with E-state index in [1.54, 1.807) is 6.07 Å². The largest absolute Gasteiger partial charge is 0.368 e. The Balaban J connectivity index is 2.10. The number of hydrogen-bond donors (Lipinski definition) is 3. The smallest absolute Gasteiger partial charge is 0.224 e. The number of aromatic amines is 1. The van der Waals surface area contributed by atoms with Crippen molar-refractivity contribution >= 4 is 40.2 Å². The molecule has 0 radical (unpaired) electrons. The molecule has 4 N–H and O–H groups in total. The van der Waals surface area contributed by atoms with Crippen LogP contribution in [0.15, 0.2) is 30.6 Å². The Morgan fingerprint density at radius 2 is 2.06 bits per heavy atom. The van der Waals surface area contributed by atoms with E-state index in [4.69, 9.17) is 17.3 Å². The molecule has 0 saturated carbocycles. The van der Waals surface area contributed by atoms with Crippen LogP contribution < -0.4 is 11.1 Å². The lowest BCUT2D eigenvalue weighted by Crippen LogP contribution is -2.01. The minimum absolute atomic E-state index is 0.157. The fourth-order valence-electron chi connectivity index (χ4n) is 1.63. The van der Waals surface area contributed by atoms with E-state index < -0.39 is 0 Å². The number of rotatable bonds is 2. The van der Waals surface area contributed by atoms with E-state index >= 15 is 0 Å². The summed E-state index contributed by atoms with van der Waals surface area (Å²) in [7, 11) is 0. The molecule has 0 fully saturated rings. The number of H-pyrrole nitrogens is 1. The van der Waals surface area contributed by atoms with Gasteiger partial charge < -0.3 is 16.0 Å². The van der Waals surface area contributed by atoms with Crippen LogP contribution in [0.5, 0.6) is 0 Å². The molecule has 0 aliphatic carbocycles. The van der Waals surface area contributed by atoms with Gasteiger partial charge in [0.05, 0.1) is 17.0 Å². The van der Waals surface area contributed by atoms with Crippen molar-refractivity contribution in [1.82, 2.24) is 19.9 Å². The molecule has 0 spiro atoms. The van der Waals surface area contributed by atoms with E-state index in [9.17, 15) is 0 Å². The second-order valence-electron chi connectivity index (χ2n) is 3.64. The zero-order valence-corrected chi connectivity index (χ0v) is 9.94. The molecular formula is C11H9ClN6. The van der Waals surface area contributed by atoms with Crippen LogP contribution >= 0.6 is 11.6 Å². The van der Waals surface area contributed by atoms with Gasteiger partial charge in [-0.1, -0.05) is 23.7 Å². The van der Waals surface area contributed by atoms with Crippen molar-refractivity contribution in [2.24, 2.45) is 0 Å². The Morgan fingerprint density at radius 1 is 1.22 bits per heavy atom. The lowest BCUT2D eigenvalue weighted by atomic mass is 10.3. The first-order valence-corrected chi connectivity index (χ1v) is 5.60. The summed E-state index contributed by atoms with van der Waals surface area (Å²) in [5, 5.41) is 3.71. The summed E-state index contributed by atoms with van der Waals surface area (Å²) in [6, 6.07) is 7.37. The van der Waals surface area contributed by atoms with E-state index in [1.165, 1.54) is 6.33 Å². The van der Waals surface area contributed by atoms with E-state index in [2.05, 4.69) is 25.3 Å². The van der Waals surface area contributed by atoms with Gasteiger partial charge in [0.1, 0.15) is 5.52 Å². The highest BCUT2D eigenvalue weighted by molar-refractivity contribution is 6.33. The van der Waals surface area contributed by atoms with E-state index in [1.807, 2.05) is 18.2 Å². The summed E-state index contributed by atoms with van der Waals surface area (Å²) < 4.78 is 0. The quantitative estimate of drug-likeness (QED) is 0.658. The first kappa shape index (κ1) is 10.8. The molecular weight excluding hydrogens is 252 g/mol. The number of nitrogens with two attached hydrogens (primary N) is 1. The van der Waals surface area contributed by atoms with Crippen molar-refractivity contribution in [3.05, 3.63) is 35.6 Å². The van der Waals surface area contributed by atoms with Crippen molar-refractivity contribution in [1.29, 1.82) is 0 Å². The monoisotopic (exact) mass is 260 g/mol. The summed E-state index contributed by atoms with van der Waals surface area (Å²) >= 11 is 6.08. The SMILES string of the molecule is Nc1nc(Nc2ccccc2Cl)c2[nH]cnc2n1. The topological polar surface area (TPSA) is 92.5 Å². The molecule has 90 valence electrons. The van der Waals surface area contributed by atoms with Gasteiger partial charge in [-0.3, -0.25) is 0 Å². The van der Waals surface area contributed by atoms with Crippen LogP contribution in [-0.4, -0.2) is 19.9 Å². The summed E-state index contributed by atoms with van der Waals surface area (Å²) in [4.78, 5) is 15.1. The van der Waals surface area contributed by atoms with Crippen LogP contribution in [0.2, 0.25) is 5.02 Å². The highest BCUT2D eigenvalue weighted by Gasteiger charge is 2.09. The molecule has 18 heavy (non-hydrogen) atoms. The summed E-state index contributed by atoms with van der Waals surface area (Å²) in [5.41, 5.74) is 7.57. The van der Waals surface area contributed by atoms with Crippen LogP contribution in [-0.2, 0) is 0 Å². The number of fused-ring (bicyclic) bond motifs is 1. The van der Waals surface area contributed by atoms with E-state index in [0.29, 0.717) is 22.0 Å². The minimum atomic E-state index is 0.157. The highest BCUT2D eigenvalue weighted by atomic mass is 35.5. The van der Waals surface area contributed by atoms with Gasteiger partial charge in [0, 0.05) is 0 Å². The summed E-state index contributed by atoms with van der Waals surface area (Å²) in [5.74, 6) is 0.701. The second kappa shape index (κ2) is 4.15. The first-order valence-electron chi connectivity index (χ1n) is 5.22. The van der Waals surface area contributed by atoms with E-state index in [-0.39, 0.29) is 5.95 Å². The normalized spacial score (nSPS) is 10.7. The molecule has 0 bridgehead atoms. The molecule has 6 nitrogen and oxygen atoms in total. The van der Waals surface area contributed by atoms with Crippen molar-refractivity contribution in [2.45, 2.75) is 0 Å². The maximum absolute atomic E-state index is 6.08. The van der Waals surface area contributed by atoms with Gasteiger partial charge in [-0.05, 0) is 12.1 Å². The molecule has 0 aliphatic heterocycles. The highest BCUT2D eigenvalue weighted by Crippen LogP contribution is 2.26. The van der Waals surface area contributed by atoms with Gasteiger partial charge in [-0.25, -0.2) is 4.98 Å². The third-order valence-corrected chi connectivity index (χ3v) is 2.76. The number of anilines is 3. The predicted octanol–water partition coefficient (Wildman–Crippen LogP) is 2.33. The van der Waals surface area contributed by atoms with Gasteiger partial charge in [0.2, 0.25) is 5.95 Å². The Morgan fingerprint density at radius 3 is 2.89 bits per heavy atom. The predicted molar refractivity (Wildman–Crippen MR) is 70.8 cm³/mol. The fraction of sp³-hybridized carbons (Fsp3) is 0.